The summed E-state index contributed by atoms with van der Waals surface area (Å²) in [6, 6.07) is 14.6. The Bertz CT molecular complexity index is 1100. The molecule has 0 saturated carbocycles. The number of hydrogen-bond donors (Lipinski definition) is 1. The van der Waals surface area contributed by atoms with E-state index < -0.39 is 0 Å². The lowest BCUT2D eigenvalue weighted by atomic mass is 10.0. The van der Waals surface area contributed by atoms with Crippen LogP contribution in [0, 0.1) is 5.82 Å². The van der Waals surface area contributed by atoms with Gasteiger partial charge in [-0.3, -0.25) is 9.69 Å². The number of carbonyl (C=O) groups is 1. The highest BCUT2D eigenvalue weighted by Gasteiger charge is 2.24. The first kappa shape index (κ1) is 21.4. The molecule has 0 spiro atoms. The van der Waals surface area contributed by atoms with E-state index in [-0.39, 0.29) is 24.3 Å². The molecule has 3 aromatic rings. The SMILES string of the molecule is O=C(Cn1cc(CN2CCN(c3ccccc3)CC2)nn1)NC1CCOc2ccc(F)cc21. The Morgan fingerprint density at radius 1 is 1.12 bits per heavy atom. The Hall–Kier alpha value is -3.46. The number of para-hydroxylation sites is 1. The van der Waals surface area contributed by atoms with Gasteiger partial charge in [-0.15, -0.1) is 5.10 Å². The smallest absolute Gasteiger partial charge is 0.242 e. The van der Waals surface area contributed by atoms with Gasteiger partial charge in [0, 0.05) is 50.4 Å². The number of hydrogen-bond acceptors (Lipinski definition) is 6. The van der Waals surface area contributed by atoms with Crippen LogP contribution in [0.4, 0.5) is 10.1 Å². The molecule has 33 heavy (non-hydrogen) atoms. The van der Waals surface area contributed by atoms with Gasteiger partial charge < -0.3 is 15.0 Å². The number of benzene rings is 2. The highest BCUT2D eigenvalue weighted by molar-refractivity contribution is 5.76. The molecular formula is C24H27FN6O2. The molecule has 1 unspecified atom stereocenters. The second kappa shape index (κ2) is 9.58. The van der Waals surface area contributed by atoms with E-state index in [0.29, 0.717) is 30.9 Å². The predicted octanol–water partition coefficient (Wildman–Crippen LogP) is 2.38. The van der Waals surface area contributed by atoms with Crippen molar-refractivity contribution in [1.29, 1.82) is 0 Å². The molecule has 2 aliphatic rings. The van der Waals surface area contributed by atoms with Crippen LogP contribution in [0.15, 0.2) is 54.7 Å². The Labute approximate surface area is 191 Å². The number of aromatic nitrogens is 3. The zero-order valence-electron chi connectivity index (χ0n) is 18.4. The number of rotatable bonds is 6. The van der Waals surface area contributed by atoms with E-state index in [4.69, 9.17) is 4.74 Å². The lowest BCUT2D eigenvalue weighted by Gasteiger charge is -2.35. The highest BCUT2D eigenvalue weighted by atomic mass is 19.1. The van der Waals surface area contributed by atoms with E-state index in [1.54, 1.807) is 10.7 Å². The first-order valence-electron chi connectivity index (χ1n) is 11.3. The van der Waals surface area contributed by atoms with Gasteiger partial charge in [0.1, 0.15) is 18.1 Å². The topological polar surface area (TPSA) is 75.5 Å². The number of piperazine rings is 1. The number of fused-ring (bicyclic) bond motifs is 1. The summed E-state index contributed by atoms with van der Waals surface area (Å²) in [5.41, 5.74) is 2.77. The number of anilines is 1. The van der Waals surface area contributed by atoms with Crippen LogP contribution in [0.5, 0.6) is 5.75 Å². The average Bonchev–Trinajstić information content (AvgIpc) is 3.27. The molecule has 172 valence electrons. The quantitative estimate of drug-likeness (QED) is 0.622. The maximum atomic E-state index is 13.7. The van der Waals surface area contributed by atoms with Gasteiger partial charge >= 0.3 is 0 Å². The maximum absolute atomic E-state index is 13.7. The molecule has 1 N–H and O–H groups in total. The van der Waals surface area contributed by atoms with Gasteiger partial charge in [-0.05, 0) is 30.3 Å². The molecule has 2 aromatic carbocycles. The number of carbonyl (C=O) groups excluding carboxylic acids is 1. The van der Waals surface area contributed by atoms with E-state index >= 15 is 0 Å². The van der Waals surface area contributed by atoms with Crippen molar-refractivity contribution in [2.75, 3.05) is 37.7 Å². The molecule has 1 atom stereocenters. The predicted molar refractivity (Wildman–Crippen MR) is 121 cm³/mol. The zero-order chi connectivity index (χ0) is 22.6. The summed E-state index contributed by atoms with van der Waals surface area (Å²) in [5, 5.41) is 11.3. The number of ether oxygens (including phenoxy) is 1. The molecule has 2 aliphatic heterocycles. The Morgan fingerprint density at radius 2 is 1.94 bits per heavy atom. The van der Waals surface area contributed by atoms with Gasteiger partial charge in [0.25, 0.3) is 0 Å². The average molecular weight is 451 g/mol. The van der Waals surface area contributed by atoms with Crippen LogP contribution in [0.3, 0.4) is 0 Å². The summed E-state index contributed by atoms with van der Waals surface area (Å²) in [6.07, 6.45) is 2.42. The third-order valence-corrected chi connectivity index (χ3v) is 6.12. The third kappa shape index (κ3) is 5.14. The minimum Gasteiger partial charge on any atom is -0.493 e. The number of halogens is 1. The molecule has 0 bridgehead atoms. The molecule has 8 nitrogen and oxygen atoms in total. The molecule has 5 rings (SSSR count). The molecule has 0 radical (unpaired) electrons. The Morgan fingerprint density at radius 3 is 2.76 bits per heavy atom. The summed E-state index contributed by atoms with van der Waals surface area (Å²) >= 11 is 0. The van der Waals surface area contributed by atoms with Crippen molar-refractivity contribution < 1.29 is 13.9 Å². The van der Waals surface area contributed by atoms with Gasteiger partial charge in [-0.2, -0.15) is 0 Å². The zero-order valence-corrected chi connectivity index (χ0v) is 18.4. The summed E-state index contributed by atoms with van der Waals surface area (Å²) in [7, 11) is 0. The summed E-state index contributed by atoms with van der Waals surface area (Å²) in [4.78, 5) is 17.3. The second-order valence-electron chi connectivity index (χ2n) is 8.45. The molecule has 1 aromatic heterocycles. The van der Waals surface area contributed by atoms with Crippen LogP contribution in [0.2, 0.25) is 0 Å². The van der Waals surface area contributed by atoms with E-state index in [0.717, 1.165) is 31.9 Å². The van der Waals surface area contributed by atoms with Crippen molar-refractivity contribution in [3.63, 3.8) is 0 Å². The number of nitrogens with one attached hydrogen (secondary N) is 1. The van der Waals surface area contributed by atoms with E-state index in [9.17, 15) is 9.18 Å². The van der Waals surface area contributed by atoms with Gasteiger partial charge in [-0.25, -0.2) is 9.07 Å². The summed E-state index contributed by atoms with van der Waals surface area (Å²) < 4.78 is 20.8. The van der Waals surface area contributed by atoms with Crippen molar-refractivity contribution in [2.45, 2.75) is 25.6 Å². The number of amides is 1. The van der Waals surface area contributed by atoms with Crippen LogP contribution in [-0.4, -0.2) is 58.6 Å². The van der Waals surface area contributed by atoms with E-state index in [1.165, 1.54) is 17.8 Å². The fourth-order valence-electron chi connectivity index (χ4n) is 4.42. The van der Waals surface area contributed by atoms with E-state index in [2.05, 4.69) is 49.7 Å². The minimum absolute atomic E-state index is 0.0663. The van der Waals surface area contributed by atoms with Gasteiger partial charge in [0.2, 0.25) is 5.91 Å². The molecule has 3 heterocycles. The fourth-order valence-corrected chi connectivity index (χ4v) is 4.42. The van der Waals surface area contributed by atoms with Crippen LogP contribution in [-0.2, 0) is 17.9 Å². The standard InChI is InChI=1S/C24H27FN6O2/c25-18-6-7-23-21(14-18)22(8-13-33-23)26-24(32)17-31-16-19(27-28-31)15-29-9-11-30(12-10-29)20-4-2-1-3-5-20/h1-7,14,16,22H,8-13,15,17H2,(H,26,32). The normalized spacial score (nSPS) is 18.5. The first-order valence-corrected chi connectivity index (χ1v) is 11.3. The molecular weight excluding hydrogens is 423 g/mol. The van der Waals surface area contributed by atoms with Crippen molar-refractivity contribution in [2.24, 2.45) is 0 Å². The molecule has 9 heteroatoms. The fraction of sp³-hybridized carbons (Fsp3) is 0.375. The maximum Gasteiger partial charge on any atom is 0.242 e. The van der Waals surface area contributed by atoms with E-state index in [1.807, 2.05) is 12.3 Å². The van der Waals surface area contributed by atoms with Crippen molar-refractivity contribution in [1.82, 2.24) is 25.2 Å². The largest absolute Gasteiger partial charge is 0.493 e. The highest BCUT2D eigenvalue weighted by Crippen LogP contribution is 2.32. The Kier molecular flexibility index (Phi) is 6.21. The molecule has 1 saturated heterocycles. The van der Waals surface area contributed by atoms with Crippen molar-refractivity contribution in [3.05, 3.63) is 71.8 Å². The first-order chi connectivity index (χ1) is 16.1. The van der Waals surface area contributed by atoms with Gasteiger partial charge in [0.15, 0.2) is 0 Å². The molecule has 1 amide bonds. The monoisotopic (exact) mass is 450 g/mol. The second-order valence-corrected chi connectivity index (χ2v) is 8.45. The van der Waals surface area contributed by atoms with Crippen molar-refractivity contribution in [3.8, 4) is 5.75 Å². The van der Waals surface area contributed by atoms with Crippen LogP contribution in [0.25, 0.3) is 0 Å². The molecule has 0 aliphatic carbocycles. The van der Waals surface area contributed by atoms with Crippen molar-refractivity contribution >= 4 is 11.6 Å². The lowest BCUT2D eigenvalue weighted by molar-refractivity contribution is -0.122. The lowest BCUT2D eigenvalue weighted by Crippen LogP contribution is -2.46. The molecule has 1 fully saturated rings. The van der Waals surface area contributed by atoms with Crippen LogP contribution < -0.4 is 15.0 Å². The minimum atomic E-state index is -0.344. The summed E-state index contributed by atoms with van der Waals surface area (Å²) in [5.74, 6) is 0.0809. The summed E-state index contributed by atoms with van der Waals surface area (Å²) in [6.45, 7) is 5.08. The van der Waals surface area contributed by atoms with Crippen LogP contribution >= 0.6 is 0 Å². The Balaban J connectivity index is 1.12. The number of nitrogens with zero attached hydrogens (tertiary/aromatic N) is 5. The van der Waals surface area contributed by atoms with Gasteiger partial charge in [0.05, 0.1) is 24.5 Å². The van der Waals surface area contributed by atoms with Crippen LogP contribution in [0.1, 0.15) is 23.7 Å². The third-order valence-electron chi connectivity index (χ3n) is 6.12. The van der Waals surface area contributed by atoms with Gasteiger partial charge in [-0.1, -0.05) is 23.4 Å².